The molecule has 90 valence electrons. The zero-order valence-corrected chi connectivity index (χ0v) is 10.8. The number of hydrogen-bond acceptors (Lipinski definition) is 3. The van der Waals surface area contributed by atoms with E-state index in [-0.39, 0.29) is 12.4 Å². The van der Waals surface area contributed by atoms with Crippen LogP contribution in [-0.4, -0.2) is 33.3 Å². The molecule has 0 saturated carbocycles. The zero-order chi connectivity index (χ0) is 10.7. The van der Waals surface area contributed by atoms with Gasteiger partial charge in [0.25, 0.3) is 0 Å². The summed E-state index contributed by atoms with van der Waals surface area (Å²) in [5.41, 5.74) is 1.17. The van der Waals surface area contributed by atoms with Gasteiger partial charge in [0.2, 0.25) is 0 Å². The van der Waals surface area contributed by atoms with Crippen molar-refractivity contribution in [2.45, 2.75) is 0 Å². The van der Waals surface area contributed by atoms with Crippen LogP contribution < -0.4 is 15.0 Å². The average molecular weight is 263 g/mol. The highest BCUT2D eigenvalue weighted by atomic mass is 35.5. The minimum Gasteiger partial charge on any atom is -0.495 e. The molecule has 0 atom stereocenters. The monoisotopic (exact) mass is 262 g/mol. The predicted molar refractivity (Wildman–Crippen MR) is 70.3 cm³/mol. The molecule has 1 aromatic carbocycles. The van der Waals surface area contributed by atoms with Gasteiger partial charge >= 0.3 is 0 Å². The fourth-order valence-corrected chi connectivity index (χ4v) is 2.03. The Balaban J connectivity index is 0.00000128. The maximum absolute atomic E-state index is 6.08. The van der Waals surface area contributed by atoms with E-state index in [0.717, 1.165) is 31.9 Å². The van der Waals surface area contributed by atoms with E-state index < -0.39 is 0 Å². The third-order valence-electron chi connectivity index (χ3n) is 2.62. The lowest BCUT2D eigenvalue weighted by Gasteiger charge is -2.29. The summed E-state index contributed by atoms with van der Waals surface area (Å²) in [6.45, 7) is 4.12. The Bertz CT molecular complexity index is 341. The van der Waals surface area contributed by atoms with Crippen LogP contribution in [0.4, 0.5) is 5.69 Å². The van der Waals surface area contributed by atoms with E-state index in [4.69, 9.17) is 16.3 Å². The Morgan fingerprint density at radius 2 is 2.00 bits per heavy atom. The number of anilines is 1. The zero-order valence-electron chi connectivity index (χ0n) is 9.20. The fourth-order valence-electron chi connectivity index (χ4n) is 1.78. The highest BCUT2D eigenvalue weighted by Gasteiger charge is 2.11. The molecule has 1 N–H and O–H groups in total. The quantitative estimate of drug-likeness (QED) is 0.885. The van der Waals surface area contributed by atoms with Crippen molar-refractivity contribution in [1.82, 2.24) is 5.32 Å². The first kappa shape index (κ1) is 13.4. The third-order valence-corrected chi connectivity index (χ3v) is 2.91. The second-order valence-corrected chi connectivity index (χ2v) is 3.96. The number of ether oxygens (including phenoxy) is 1. The van der Waals surface area contributed by atoms with Crippen LogP contribution >= 0.6 is 24.0 Å². The molecule has 0 bridgehead atoms. The Hall–Kier alpha value is -0.640. The molecule has 0 aliphatic carbocycles. The number of rotatable bonds is 2. The van der Waals surface area contributed by atoms with E-state index in [1.165, 1.54) is 5.69 Å². The van der Waals surface area contributed by atoms with Gasteiger partial charge in [-0.1, -0.05) is 11.6 Å². The number of hydrogen-bond donors (Lipinski definition) is 1. The fraction of sp³-hybridized carbons (Fsp3) is 0.455. The molecule has 0 radical (unpaired) electrons. The van der Waals surface area contributed by atoms with E-state index >= 15 is 0 Å². The van der Waals surface area contributed by atoms with Gasteiger partial charge in [-0.25, -0.2) is 0 Å². The summed E-state index contributed by atoms with van der Waals surface area (Å²) in [7, 11) is 1.63. The van der Waals surface area contributed by atoms with Gasteiger partial charge in [-0.3, -0.25) is 0 Å². The maximum Gasteiger partial charge on any atom is 0.137 e. The van der Waals surface area contributed by atoms with Crippen molar-refractivity contribution >= 4 is 29.7 Å². The second kappa shape index (κ2) is 6.18. The number of halogens is 2. The molecule has 0 amide bonds. The van der Waals surface area contributed by atoms with Gasteiger partial charge in [-0.05, 0) is 18.2 Å². The lowest BCUT2D eigenvalue weighted by molar-refractivity contribution is 0.415. The number of methoxy groups -OCH3 is 1. The number of piperazine rings is 1. The Labute approximate surface area is 107 Å². The van der Waals surface area contributed by atoms with Crippen LogP contribution in [0.3, 0.4) is 0 Å². The molecule has 1 saturated heterocycles. The van der Waals surface area contributed by atoms with E-state index in [2.05, 4.69) is 16.3 Å². The van der Waals surface area contributed by atoms with Crippen LogP contribution in [0.5, 0.6) is 5.75 Å². The molecule has 1 fully saturated rings. The largest absolute Gasteiger partial charge is 0.495 e. The molecular formula is C11H16Cl2N2O. The van der Waals surface area contributed by atoms with E-state index in [0.29, 0.717) is 5.02 Å². The minimum absolute atomic E-state index is 0. The van der Waals surface area contributed by atoms with E-state index in [1.54, 1.807) is 7.11 Å². The van der Waals surface area contributed by atoms with Crippen LogP contribution in [-0.2, 0) is 0 Å². The molecule has 1 heterocycles. The molecule has 0 unspecified atom stereocenters. The molecule has 1 aliphatic rings. The number of nitrogens with zero attached hydrogens (tertiary/aromatic N) is 1. The summed E-state index contributed by atoms with van der Waals surface area (Å²) in [5.74, 6) is 0.732. The lowest BCUT2D eigenvalue weighted by atomic mass is 10.2. The first-order chi connectivity index (χ1) is 7.31. The van der Waals surface area contributed by atoms with Crippen LogP contribution in [0.25, 0.3) is 0 Å². The van der Waals surface area contributed by atoms with Crippen LogP contribution in [0, 0.1) is 0 Å². The highest BCUT2D eigenvalue weighted by Crippen LogP contribution is 2.29. The van der Waals surface area contributed by atoms with Gasteiger partial charge in [-0.15, -0.1) is 12.4 Å². The molecule has 1 aliphatic heterocycles. The summed E-state index contributed by atoms with van der Waals surface area (Å²) < 4.78 is 5.12. The number of benzene rings is 1. The van der Waals surface area contributed by atoms with Gasteiger partial charge < -0.3 is 15.0 Å². The third kappa shape index (κ3) is 2.94. The SMILES string of the molecule is COc1ccc(N2CCNCC2)cc1Cl.Cl. The highest BCUT2D eigenvalue weighted by molar-refractivity contribution is 6.32. The first-order valence-electron chi connectivity index (χ1n) is 5.10. The van der Waals surface area contributed by atoms with Crippen LogP contribution in [0.1, 0.15) is 0 Å². The van der Waals surface area contributed by atoms with Crippen molar-refractivity contribution < 1.29 is 4.74 Å². The molecule has 5 heteroatoms. The van der Waals surface area contributed by atoms with E-state index in [1.807, 2.05) is 12.1 Å². The topological polar surface area (TPSA) is 24.5 Å². The first-order valence-corrected chi connectivity index (χ1v) is 5.48. The molecule has 0 aromatic heterocycles. The van der Waals surface area contributed by atoms with E-state index in [9.17, 15) is 0 Å². The minimum atomic E-state index is 0. The Morgan fingerprint density at radius 1 is 1.31 bits per heavy atom. The lowest BCUT2D eigenvalue weighted by Crippen LogP contribution is -2.43. The molecule has 3 nitrogen and oxygen atoms in total. The van der Waals surface area contributed by atoms with Crippen LogP contribution in [0.15, 0.2) is 18.2 Å². The summed E-state index contributed by atoms with van der Waals surface area (Å²) in [4.78, 5) is 2.32. The Kier molecular flexibility index (Phi) is 5.19. The molecule has 1 aromatic rings. The van der Waals surface area contributed by atoms with Crippen molar-refractivity contribution in [1.29, 1.82) is 0 Å². The molecular weight excluding hydrogens is 247 g/mol. The van der Waals surface area contributed by atoms with Crippen molar-refractivity contribution in [2.75, 3.05) is 38.2 Å². The number of nitrogens with one attached hydrogen (secondary N) is 1. The van der Waals surface area contributed by atoms with Gasteiger partial charge in [-0.2, -0.15) is 0 Å². The smallest absolute Gasteiger partial charge is 0.137 e. The Morgan fingerprint density at radius 3 is 2.56 bits per heavy atom. The van der Waals surface area contributed by atoms with Crippen molar-refractivity contribution in [3.63, 3.8) is 0 Å². The molecule has 2 rings (SSSR count). The van der Waals surface area contributed by atoms with Crippen LogP contribution in [0.2, 0.25) is 5.02 Å². The van der Waals surface area contributed by atoms with Crippen molar-refractivity contribution in [3.8, 4) is 5.75 Å². The summed E-state index contributed by atoms with van der Waals surface area (Å²) >= 11 is 6.08. The van der Waals surface area contributed by atoms with Crippen molar-refractivity contribution in [2.24, 2.45) is 0 Å². The summed E-state index contributed by atoms with van der Waals surface area (Å²) in [6, 6.07) is 5.93. The van der Waals surface area contributed by atoms with Gasteiger partial charge in [0, 0.05) is 31.9 Å². The predicted octanol–water partition coefficient (Wildman–Crippen LogP) is 2.18. The van der Waals surface area contributed by atoms with Gasteiger partial charge in [0.05, 0.1) is 12.1 Å². The average Bonchev–Trinajstić information content (AvgIpc) is 2.30. The maximum atomic E-state index is 6.08. The second-order valence-electron chi connectivity index (χ2n) is 3.56. The molecule has 0 spiro atoms. The van der Waals surface area contributed by atoms with Crippen molar-refractivity contribution in [3.05, 3.63) is 23.2 Å². The normalized spacial score (nSPS) is 15.5. The van der Waals surface area contributed by atoms with Gasteiger partial charge in [0.1, 0.15) is 5.75 Å². The standard InChI is InChI=1S/C11H15ClN2O.ClH/c1-15-11-3-2-9(8-10(11)12)14-6-4-13-5-7-14;/h2-3,8,13H,4-7H2,1H3;1H. The summed E-state index contributed by atoms with van der Waals surface area (Å²) in [5, 5.41) is 4.00. The summed E-state index contributed by atoms with van der Waals surface area (Å²) in [6.07, 6.45) is 0. The molecule has 16 heavy (non-hydrogen) atoms. The van der Waals surface area contributed by atoms with Gasteiger partial charge in [0.15, 0.2) is 0 Å².